The van der Waals surface area contributed by atoms with E-state index < -0.39 is 0 Å². The highest BCUT2D eigenvalue weighted by molar-refractivity contribution is 7.25. The van der Waals surface area contributed by atoms with Gasteiger partial charge in [0.05, 0.1) is 11.0 Å². The highest BCUT2D eigenvalue weighted by Crippen LogP contribution is 2.39. The van der Waals surface area contributed by atoms with Crippen molar-refractivity contribution in [2.45, 2.75) is 0 Å². The molecule has 9 rings (SSSR count). The van der Waals surface area contributed by atoms with Crippen molar-refractivity contribution in [3.8, 4) is 39.9 Å². The van der Waals surface area contributed by atoms with Crippen LogP contribution in [0.2, 0.25) is 0 Å². The highest BCUT2D eigenvalue weighted by atomic mass is 32.1. The van der Waals surface area contributed by atoms with Gasteiger partial charge in [0, 0.05) is 43.6 Å². The molecule has 0 atom stereocenters. The summed E-state index contributed by atoms with van der Waals surface area (Å²) in [5.74, 6) is 1.82. The summed E-state index contributed by atoms with van der Waals surface area (Å²) in [6, 6.07) is 41.8. The van der Waals surface area contributed by atoms with E-state index in [1.807, 2.05) is 42.6 Å². The third-order valence-corrected chi connectivity index (χ3v) is 9.13. The minimum absolute atomic E-state index is 0.572. The molecule has 6 nitrogen and oxygen atoms in total. The number of benzene rings is 5. The molecule has 0 fully saturated rings. The molecule has 206 valence electrons. The Morgan fingerprint density at radius 3 is 1.91 bits per heavy atom. The van der Waals surface area contributed by atoms with Crippen molar-refractivity contribution in [1.29, 1.82) is 0 Å². The van der Waals surface area contributed by atoms with E-state index >= 15 is 0 Å². The number of hydrogen-bond acceptors (Lipinski definition) is 6. The van der Waals surface area contributed by atoms with E-state index in [0.717, 1.165) is 54.1 Å². The summed E-state index contributed by atoms with van der Waals surface area (Å²) < 4.78 is 3.34. The van der Waals surface area contributed by atoms with Gasteiger partial charge in [0.2, 0.25) is 5.95 Å². The Morgan fingerprint density at radius 2 is 1.14 bits per heavy atom. The van der Waals surface area contributed by atoms with Crippen LogP contribution < -0.4 is 0 Å². The first kappa shape index (κ1) is 24.8. The lowest BCUT2D eigenvalue weighted by molar-refractivity contribution is 0.954. The van der Waals surface area contributed by atoms with Crippen molar-refractivity contribution >= 4 is 53.4 Å². The van der Waals surface area contributed by atoms with Crippen LogP contribution in [0.5, 0.6) is 0 Å². The summed E-state index contributed by atoms with van der Waals surface area (Å²) in [5, 5.41) is 4.45. The minimum atomic E-state index is 0.572. The molecule has 0 aliphatic rings. The molecule has 7 heteroatoms. The second-order valence-corrected chi connectivity index (χ2v) is 11.7. The van der Waals surface area contributed by atoms with Crippen molar-refractivity contribution < 1.29 is 0 Å². The fraction of sp³-hybridized carbons (Fsp3) is 0. The van der Waals surface area contributed by atoms with Gasteiger partial charge in [-0.3, -0.25) is 4.57 Å². The van der Waals surface area contributed by atoms with E-state index in [1.54, 1.807) is 17.7 Å². The van der Waals surface area contributed by atoms with Crippen LogP contribution in [0.1, 0.15) is 0 Å². The van der Waals surface area contributed by atoms with Crippen LogP contribution in [-0.4, -0.2) is 29.5 Å². The average molecular weight is 583 g/mol. The van der Waals surface area contributed by atoms with Gasteiger partial charge in [0.25, 0.3) is 0 Å². The van der Waals surface area contributed by atoms with Crippen LogP contribution in [0.15, 0.2) is 134 Å². The van der Waals surface area contributed by atoms with Crippen LogP contribution in [-0.2, 0) is 0 Å². The zero-order chi connectivity index (χ0) is 29.0. The molecule has 4 heterocycles. The first-order chi connectivity index (χ1) is 21.8. The summed E-state index contributed by atoms with van der Waals surface area (Å²) in [5.41, 5.74) is 6.24. The Labute approximate surface area is 256 Å². The molecule has 4 aromatic heterocycles. The SMILES string of the molecule is c1ccc(-c2ccc(-c3nc(-c4ccccc4)nc(-n4c5ccccc5c5cc6sc7ncncc7c6cc54)n3)cc2)cc1. The predicted molar refractivity (Wildman–Crippen MR) is 179 cm³/mol. The summed E-state index contributed by atoms with van der Waals surface area (Å²) in [6.07, 6.45) is 3.50. The molecular formula is C37H22N6S. The Morgan fingerprint density at radius 1 is 0.500 bits per heavy atom. The second kappa shape index (κ2) is 9.90. The molecule has 0 unspecified atom stereocenters. The van der Waals surface area contributed by atoms with Gasteiger partial charge in [-0.25, -0.2) is 15.0 Å². The Bertz CT molecular complexity index is 2480. The molecule has 0 amide bonds. The summed E-state index contributed by atoms with van der Waals surface area (Å²) >= 11 is 1.69. The van der Waals surface area contributed by atoms with Crippen LogP contribution >= 0.6 is 11.3 Å². The monoisotopic (exact) mass is 582 g/mol. The average Bonchev–Trinajstić information content (AvgIpc) is 3.63. The number of hydrogen-bond donors (Lipinski definition) is 0. The Kier molecular flexibility index (Phi) is 5.57. The van der Waals surface area contributed by atoms with Crippen molar-refractivity contribution in [3.05, 3.63) is 134 Å². The molecule has 9 aromatic rings. The second-order valence-electron chi connectivity index (χ2n) is 10.7. The van der Waals surface area contributed by atoms with Gasteiger partial charge >= 0.3 is 0 Å². The number of para-hydroxylation sites is 1. The topological polar surface area (TPSA) is 69.4 Å². The lowest BCUT2D eigenvalue weighted by atomic mass is 10.0. The largest absolute Gasteiger partial charge is 0.278 e. The number of aromatic nitrogens is 6. The number of rotatable bonds is 4. The fourth-order valence-electron chi connectivity index (χ4n) is 5.95. The molecule has 0 spiro atoms. The summed E-state index contributed by atoms with van der Waals surface area (Å²) in [6.45, 7) is 0. The Balaban J connectivity index is 1.31. The van der Waals surface area contributed by atoms with Crippen molar-refractivity contribution in [2.24, 2.45) is 0 Å². The van der Waals surface area contributed by atoms with E-state index in [4.69, 9.17) is 15.0 Å². The minimum Gasteiger partial charge on any atom is -0.278 e. The zero-order valence-electron chi connectivity index (χ0n) is 23.3. The maximum atomic E-state index is 5.12. The third kappa shape index (κ3) is 3.98. The fourth-order valence-corrected chi connectivity index (χ4v) is 6.98. The van der Waals surface area contributed by atoms with Crippen LogP contribution in [0.3, 0.4) is 0 Å². The van der Waals surface area contributed by atoms with Gasteiger partial charge < -0.3 is 0 Å². The standard InChI is InChI=1S/C37H22N6S/c1-3-9-23(10-4-1)24-15-17-26(18-16-24)35-40-34(25-11-5-2-6-12-25)41-37(42-35)43-31-14-8-7-13-27(31)28-20-33-29(19-32(28)43)30-21-38-22-39-36(30)44-33/h1-22H. The van der Waals surface area contributed by atoms with E-state index in [-0.39, 0.29) is 0 Å². The molecule has 0 aliphatic carbocycles. The smallest absolute Gasteiger partial charge is 0.238 e. The summed E-state index contributed by atoms with van der Waals surface area (Å²) in [4.78, 5) is 25.0. The lowest BCUT2D eigenvalue weighted by Crippen LogP contribution is -2.06. The van der Waals surface area contributed by atoms with Gasteiger partial charge in [-0.2, -0.15) is 9.97 Å². The predicted octanol–water partition coefficient (Wildman–Crippen LogP) is 9.13. The molecule has 5 aromatic carbocycles. The zero-order valence-corrected chi connectivity index (χ0v) is 24.1. The summed E-state index contributed by atoms with van der Waals surface area (Å²) in [7, 11) is 0. The van der Waals surface area contributed by atoms with E-state index in [1.165, 1.54) is 10.3 Å². The van der Waals surface area contributed by atoms with Crippen LogP contribution in [0, 0.1) is 0 Å². The normalized spacial score (nSPS) is 11.6. The van der Waals surface area contributed by atoms with E-state index in [0.29, 0.717) is 17.6 Å². The highest BCUT2D eigenvalue weighted by Gasteiger charge is 2.19. The molecule has 0 aliphatic heterocycles. The quantitative estimate of drug-likeness (QED) is 0.207. The first-order valence-corrected chi connectivity index (χ1v) is 15.1. The van der Waals surface area contributed by atoms with Gasteiger partial charge in [-0.1, -0.05) is 103 Å². The Hall–Kier alpha value is -5.79. The number of nitrogens with zero attached hydrogens (tertiary/aromatic N) is 6. The number of fused-ring (bicyclic) bond motifs is 6. The molecule has 0 bridgehead atoms. The molecule has 0 radical (unpaired) electrons. The van der Waals surface area contributed by atoms with Crippen molar-refractivity contribution in [3.63, 3.8) is 0 Å². The molecular weight excluding hydrogens is 561 g/mol. The van der Waals surface area contributed by atoms with E-state index in [9.17, 15) is 0 Å². The molecule has 44 heavy (non-hydrogen) atoms. The van der Waals surface area contributed by atoms with Crippen LogP contribution in [0.4, 0.5) is 0 Å². The number of thiophene rings is 1. The first-order valence-electron chi connectivity index (χ1n) is 14.3. The van der Waals surface area contributed by atoms with Crippen molar-refractivity contribution in [2.75, 3.05) is 0 Å². The molecule has 0 saturated carbocycles. The maximum absolute atomic E-state index is 5.12. The molecule has 0 N–H and O–H groups in total. The van der Waals surface area contributed by atoms with E-state index in [2.05, 4.69) is 99.5 Å². The van der Waals surface area contributed by atoms with Crippen LogP contribution in [0.25, 0.3) is 82.0 Å². The molecule has 0 saturated heterocycles. The lowest BCUT2D eigenvalue weighted by Gasteiger charge is -2.11. The maximum Gasteiger partial charge on any atom is 0.238 e. The van der Waals surface area contributed by atoms with Gasteiger partial charge in [-0.15, -0.1) is 11.3 Å². The third-order valence-electron chi connectivity index (χ3n) is 8.05. The van der Waals surface area contributed by atoms with Gasteiger partial charge in [0.15, 0.2) is 11.6 Å². The van der Waals surface area contributed by atoms with Gasteiger partial charge in [-0.05, 0) is 29.3 Å². The van der Waals surface area contributed by atoms with Gasteiger partial charge in [0.1, 0.15) is 11.2 Å². The van der Waals surface area contributed by atoms with Crippen molar-refractivity contribution in [1.82, 2.24) is 29.5 Å².